The van der Waals surface area contributed by atoms with Crippen LogP contribution in [0.25, 0.3) is 10.9 Å². The van der Waals surface area contributed by atoms with Crippen molar-refractivity contribution in [3.05, 3.63) is 65.6 Å². The van der Waals surface area contributed by atoms with Crippen LogP contribution in [-0.2, 0) is 22.7 Å². The Balaban J connectivity index is 1.94. The molecule has 10 heteroatoms. The molecule has 0 amide bonds. The van der Waals surface area contributed by atoms with Crippen LogP contribution in [0.2, 0.25) is 0 Å². The largest absolute Gasteiger partial charge is 0.492 e. The number of hydrogen-bond donors (Lipinski definition) is 1. The van der Waals surface area contributed by atoms with Gasteiger partial charge in [0.1, 0.15) is 17.1 Å². The van der Waals surface area contributed by atoms with E-state index in [-0.39, 0.29) is 10.5 Å². The number of rotatable bonds is 6. The molecule has 0 fully saturated rings. The van der Waals surface area contributed by atoms with Crippen molar-refractivity contribution in [2.45, 2.75) is 24.5 Å². The van der Waals surface area contributed by atoms with Crippen LogP contribution in [0.4, 0.5) is 17.6 Å². The first-order valence-corrected chi connectivity index (χ1v) is 9.97. The van der Waals surface area contributed by atoms with Gasteiger partial charge in [-0.25, -0.2) is 17.5 Å². The summed E-state index contributed by atoms with van der Waals surface area (Å²) >= 11 is 0. The number of pyridine rings is 1. The van der Waals surface area contributed by atoms with Crippen molar-refractivity contribution in [3.8, 4) is 5.75 Å². The number of halogens is 4. The lowest BCUT2D eigenvalue weighted by atomic mass is 10.1. The van der Waals surface area contributed by atoms with E-state index in [0.717, 1.165) is 6.07 Å². The number of hydrogen-bond acceptors (Lipinski definition) is 4. The molecule has 0 bridgehead atoms. The van der Waals surface area contributed by atoms with Crippen molar-refractivity contribution in [2.24, 2.45) is 0 Å². The van der Waals surface area contributed by atoms with Crippen molar-refractivity contribution in [1.29, 1.82) is 0 Å². The molecule has 0 unspecified atom stereocenters. The first kappa shape index (κ1) is 21.0. The fourth-order valence-electron chi connectivity index (χ4n) is 2.80. The van der Waals surface area contributed by atoms with E-state index >= 15 is 0 Å². The van der Waals surface area contributed by atoms with E-state index in [0.29, 0.717) is 35.4 Å². The van der Waals surface area contributed by atoms with Gasteiger partial charge in [-0.3, -0.25) is 4.98 Å². The van der Waals surface area contributed by atoms with E-state index in [1.54, 1.807) is 19.1 Å². The summed E-state index contributed by atoms with van der Waals surface area (Å²) in [6.45, 7) is 1.62. The summed E-state index contributed by atoms with van der Waals surface area (Å²) in [7, 11) is -4.13. The predicted octanol–water partition coefficient (Wildman–Crippen LogP) is 4.27. The van der Waals surface area contributed by atoms with Gasteiger partial charge in [0, 0.05) is 18.1 Å². The van der Waals surface area contributed by atoms with E-state index in [1.165, 1.54) is 18.3 Å². The molecule has 29 heavy (non-hydrogen) atoms. The molecule has 1 heterocycles. The highest BCUT2D eigenvalue weighted by atomic mass is 32.2. The van der Waals surface area contributed by atoms with Crippen LogP contribution in [0.15, 0.2) is 53.6 Å². The Kier molecular flexibility index (Phi) is 5.76. The first-order valence-electron chi connectivity index (χ1n) is 8.48. The molecule has 0 saturated carbocycles. The van der Waals surface area contributed by atoms with Crippen LogP contribution in [-0.4, -0.2) is 20.0 Å². The molecule has 0 aliphatic rings. The van der Waals surface area contributed by atoms with Gasteiger partial charge in [0.2, 0.25) is 10.0 Å². The Morgan fingerprint density at radius 2 is 1.90 bits per heavy atom. The Bertz CT molecular complexity index is 1150. The summed E-state index contributed by atoms with van der Waals surface area (Å²) in [5, 5.41) is 0.293. The number of nitrogens with one attached hydrogen (secondary N) is 1. The molecule has 0 saturated heterocycles. The zero-order valence-electron chi connectivity index (χ0n) is 15.1. The molecular formula is C19H16F4N2O3S. The molecule has 1 aromatic heterocycles. The number of sulfonamides is 1. The highest BCUT2D eigenvalue weighted by molar-refractivity contribution is 7.89. The minimum atomic E-state index is -4.74. The summed E-state index contributed by atoms with van der Waals surface area (Å²) in [6, 6.07) is 7.77. The van der Waals surface area contributed by atoms with Crippen LogP contribution in [0.1, 0.15) is 18.1 Å². The third kappa shape index (κ3) is 4.65. The second-order valence-electron chi connectivity index (χ2n) is 6.06. The quantitative estimate of drug-likeness (QED) is 0.596. The standard InChI is InChI=1S/C19H16F4N2O3S/c1-2-28-16-5-6-17(15-4-3-7-24-18(15)16)29(26,27)25-11-12-8-13(19(21,22)23)10-14(20)9-12/h3-10,25H,2,11H2,1H3. The van der Waals surface area contributed by atoms with Crippen molar-refractivity contribution in [3.63, 3.8) is 0 Å². The van der Waals surface area contributed by atoms with E-state index in [1.807, 2.05) is 0 Å². The van der Waals surface area contributed by atoms with Gasteiger partial charge in [-0.05, 0) is 55.0 Å². The average molecular weight is 428 g/mol. The maximum Gasteiger partial charge on any atom is 0.416 e. The summed E-state index contributed by atoms with van der Waals surface area (Å²) in [5.74, 6) is -0.702. The van der Waals surface area contributed by atoms with Crippen molar-refractivity contribution >= 4 is 20.9 Å². The van der Waals surface area contributed by atoms with Crippen molar-refractivity contribution in [2.75, 3.05) is 6.61 Å². The first-order chi connectivity index (χ1) is 13.6. The molecule has 2 aromatic carbocycles. The molecule has 3 aromatic rings. The van der Waals surface area contributed by atoms with Gasteiger partial charge in [-0.1, -0.05) is 0 Å². The van der Waals surface area contributed by atoms with Crippen LogP contribution in [0.5, 0.6) is 5.75 Å². The summed E-state index contributed by atoms with van der Waals surface area (Å²) in [4.78, 5) is 4.04. The maximum absolute atomic E-state index is 13.5. The van der Waals surface area contributed by atoms with E-state index < -0.39 is 34.1 Å². The Morgan fingerprint density at radius 3 is 2.59 bits per heavy atom. The number of fused-ring (bicyclic) bond motifs is 1. The summed E-state index contributed by atoms with van der Waals surface area (Å²) in [5.41, 5.74) is -1.01. The smallest absolute Gasteiger partial charge is 0.416 e. The minimum absolute atomic E-state index is 0.114. The predicted molar refractivity (Wildman–Crippen MR) is 98.3 cm³/mol. The van der Waals surface area contributed by atoms with E-state index in [2.05, 4.69) is 9.71 Å². The molecule has 5 nitrogen and oxygen atoms in total. The topological polar surface area (TPSA) is 68.3 Å². The van der Waals surface area contributed by atoms with Crippen LogP contribution in [0, 0.1) is 5.82 Å². The molecule has 1 N–H and O–H groups in total. The van der Waals surface area contributed by atoms with Gasteiger partial charge in [-0.2, -0.15) is 13.2 Å². The molecule has 154 valence electrons. The van der Waals surface area contributed by atoms with Crippen molar-refractivity contribution < 1.29 is 30.7 Å². The maximum atomic E-state index is 13.5. The zero-order chi connectivity index (χ0) is 21.2. The Labute approximate surface area is 164 Å². The minimum Gasteiger partial charge on any atom is -0.492 e. The number of benzene rings is 2. The van der Waals surface area contributed by atoms with Gasteiger partial charge < -0.3 is 4.74 Å². The average Bonchev–Trinajstić information content (AvgIpc) is 2.66. The number of aromatic nitrogens is 1. The summed E-state index contributed by atoms with van der Waals surface area (Å²) < 4.78 is 85.2. The van der Waals surface area contributed by atoms with Gasteiger partial charge >= 0.3 is 6.18 Å². The third-order valence-corrected chi connectivity index (χ3v) is 5.49. The fourth-order valence-corrected chi connectivity index (χ4v) is 4.01. The van der Waals surface area contributed by atoms with Gasteiger partial charge in [0.25, 0.3) is 0 Å². The third-order valence-electron chi connectivity index (χ3n) is 4.03. The van der Waals surface area contributed by atoms with Crippen LogP contribution >= 0.6 is 0 Å². The summed E-state index contributed by atoms with van der Waals surface area (Å²) in [6.07, 6.45) is -3.26. The molecule has 0 radical (unpaired) electrons. The Morgan fingerprint density at radius 1 is 1.14 bits per heavy atom. The lowest BCUT2D eigenvalue weighted by molar-refractivity contribution is -0.137. The number of alkyl halides is 3. The molecule has 0 aliphatic heterocycles. The molecule has 0 spiro atoms. The molecule has 3 rings (SSSR count). The SMILES string of the molecule is CCOc1ccc(S(=O)(=O)NCc2cc(F)cc(C(F)(F)F)c2)c2cccnc12. The lowest BCUT2D eigenvalue weighted by Gasteiger charge is -2.13. The number of ether oxygens (including phenoxy) is 1. The second kappa shape index (κ2) is 7.96. The van der Waals surface area contributed by atoms with Crippen LogP contribution < -0.4 is 9.46 Å². The van der Waals surface area contributed by atoms with Gasteiger partial charge in [0.15, 0.2) is 0 Å². The van der Waals surface area contributed by atoms with Gasteiger partial charge in [0.05, 0.1) is 17.1 Å². The van der Waals surface area contributed by atoms with E-state index in [4.69, 9.17) is 4.74 Å². The van der Waals surface area contributed by atoms with Crippen LogP contribution in [0.3, 0.4) is 0 Å². The Hall–Kier alpha value is -2.72. The second-order valence-corrected chi connectivity index (χ2v) is 7.80. The molecular weight excluding hydrogens is 412 g/mol. The highest BCUT2D eigenvalue weighted by Gasteiger charge is 2.31. The normalized spacial score (nSPS) is 12.3. The highest BCUT2D eigenvalue weighted by Crippen LogP contribution is 2.31. The fraction of sp³-hybridized carbons (Fsp3) is 0.211. The van der Waals surface area contributed by atoms with E-state index in [9.17, 15) is 26.0 Å². The molecule has 0 atom stereocenters. The lowest BCUT2D eigenvalue weighted by Crippen LogP contribution is -2.24. The van der Waals surface area contributed by atoms with Crippen molar-refractivity contribution in [1.82, 2.24) is 9.71 Å². The monoisotopic (exact) mass is 428 g/mol. The zero-order valence-corrected chi connectivity index (χ0v) is 15.9. The number of nitrogens with zero attached hydrogens (tertiary/aromatic N) is 1. The molecule has 0 aliphatic carbocycles. The van der Waals surface area contributed by atoms with Gasteiger partial charge in [-0.15, -0.1) is 0 Å².